The van der Waals surface area contributed by atoms with Crippen molar-refractivity contribution >= 4 is 33.1 Å². The van der Waals surface area contributed by atoms with Crippen molar-refractivity contribution in [3.63, 3.8) is 0 Å². The third-order valence-corrected chi connectivity index (χ3v) is 7.52. The number of sulfone groups is 1. The van der Waals surface area contributed by atoms with E-state index in [2.05, 4.69) is 14.9 Å². The summed E-state index contributed by atoms with van der Waals surface area (Å²) >= 11 is 6.05. The molecule has 0 spiro atoms. The molecule has 0 saturated carbocycles. The van der Waals surface area contributed by atoms with Crippen molar-refractivity contribution in [1.29, 1.82) is 0 Å². The molecule has 8 nitrogen and oxygen atoms in total. The van der Waals surface area contributed by atoms with E-state index in [4.69, 9.17) is 27.1 Å². The van der Waals surface area contributed by atoms with Crippen LogP contribution in [0.1, 0.15) is 30.7 Å². The van der Waals surface area contributed by atoms with Gasteiger partial charge in [0.15, 0.2) is 15.7 Å². The van der Waals surface area contributed by atoms with Crippen molar-refractivity contribution in [2.45, 2.75) is 31.1 Å². The molecule has 2 aliphatic heterocycles. The lowest BCUT2D eigenvalue weighted by molar-refractivity contribution is 0.0985. The maximum atomic E-state index is 12.5. The van der Waals surface area contributed by atoms with Gasteiger partial charge in [-0.25, -0.2) is 23.4 Å². The van der Waals surface area contributed by atoms with Crippen LogP contribution in [-0.4, -0.2) is 54.9 Å². The number of halogens is 1. The highest BCUT2D eigenvalue weighted by molar-refractivity contribution is 7.91. The number of morpholine rings is 1. The van der Waals surface area contributed by atoms with Crippen LogP contribution in [-0.2, 0) is 14.6 Å². The van der Waals surface area contributed by atoms with Crippen LogP contribution < -0.4 is 10.6 Å². The smallest absolute Gasteiger partial charge is 0.162 e. The fraction of sp³-hybridized carbons (Fsp3) is 0.500. The molecule has 4 heterocycles. The van der Waals surface area contributed by atoms with Crippen molar-refractivity contribution in [1.82, 2.24) is 15.0 Å². The van der Waals surface area contributed by atoms with E-state index < -0.39 is 15.1 Å². The van der Waals surface area contributed by atoms with Crippen LogP contribution in [0.5, 0.6) is 0 Å². The lowest BCUT2D eigenvalue weighted by Gasteiger charge is -2.34. The Morgan fingerprint density at radius 1 is 1.25 bits per heavy atom. The van der Waals surface area contributed by atoms with Crippen LogP contribution in [0.4, 0.5) is 11.6 Å². The van der Waals surface area contributed by atoms with Gasteiger partial charge in [-0.2, -0.15) is 0 Å². The van der Waals surface area contributed by atoms with Gasteiger partial charge in [-0.15, -0.1) is 0 Å². The Hall–Kier alpha value is -1.97. The molecule has 2 fully saturated rings. The van der Waals surface area contributed by atoms with E-state index in [9.17, 15) is 8.42 Å². The van der Waals surface area contributed by atoms with Crippen LogP contribution >= 0.6 is 11.6 Å². The zero-order valence-electron chi connectivity index (χ0n) is 15.5. The summed E-state index contributed by atoms with van der Waals surface area (Å²) in [5, 5.41) is -0.377. The molecule has 10 heteroatoms. The Morgan fingerprint density at radius 3 is 2.75 bits per heavy atom. The topological polar surface area (TPSA) is 111 Å². The van der Waals surface area contributed by atoms with Gasteiger partial charge in [0, 0.05) is 18.2 Å². The van der Waals surface area contributed by atoms with Crippen LogP contribution in [0.3, 0.4) is 0 Å². The van der Waals surface area contributed by atoms with Gasteiger partial charge in [-0.05, 0) is 31.9 Å². The molecule has 0 aromatic carbocycles. The molecule has 2 aromatic rings. The molecule has 2 saturated heterocycles. The summed E-state index contributed by atoms with van der Waals surface area (Å²) < 4.78 is 30.6. The Morgan fingerprint density at radius 2 is 2.07 bits per heavy atom. The van der Waals surface area contributed by atoms with Gasteiger partial charge >= 0.3 is 0 Å². The van der Waals surface area contributed by atoms with Gasteiger partial charge in [0.1, 0.15) is 22.0 Å². The molecule has 150 valence electrons. The lowest BCUT2D eigenvalue weighted by atomic mass is 10.1. The standard InChI is InChI=1S/C18H22ClN5O3S/c1-11-10-27-5-4-24(11)17-9-13(14-3-2-6-28(14,25)26)21-18(23-17)12-7-15(19)22-16(20)8-12/h7-9,11,14H,2-6,10H2,1H3,(H2,20,22)/t11-,14+/m1/s1. The second kappa shape index (κ2) is 7.46. The first-order valence-electron chi connectivity index (χ1n) is 9.22. The molecule has 2 aliphatic rings. The van der Waals surface area contributed by atoms with Crippen LogP contribution in [0.15, 0.2) is 18.2 Å². The number of pyridine rings is 1. The van der Waals surface area contributed by atoms with E-state index in [1.54, 1.807) is 18.2 Å². The van der Waals surface area contributed by atoms with Crippen molar-refractivity contribution < 1.29 is 13.2 Å². The molecule has 0 amide bonds. The predicted octanol–water partition coefficient (Wildman–Crippen LogP) is 2.25. The number of ether oxygens (including phenoxy) is 1. The second-order valence-corrected chi connectivity index (χ2v) is 9.88. The fourth-order valence-corrected chi connectivity index (χ4v) is 5.81. The number of nitrogens with zero attached hydrogens (tertiary/aromatic N) is 4. The zero-order valence-corrected chi connectivity index (χ0v) is 17.1. The SMILES string of the molecule is C[C@@H]1COCCN1c1cc([C@@H]2CCCS2(=O)=O)nc(-c2cc(N)nc(Cl)c2)n1. The van der Waals surface area contributed by atoms with E-state index in [1.165, 1.54) is 0 Å². The molecule has 2 atom stereocenters. The molecule has 4 rings (SSSR count). The number of anilines is 2. The van der Waals surface area contributed by atoms with E-state index in [0.717, 1.165) is 0 Å². The number of hydrogen-bond donors (Lipinski definition) is 1. The molecule has 0 radical (unpaired) electrons. The van der Waals surface area contributed by atoms with Gasteiger partial charge in [0.2, 0.25) is 0 Å². The number of hydrogen-bond acceptors (Lipinski definition) is 8. The quantitative estimate of drug-likeness (QED) is 0.748. The highest BCUT2D eigenvalue weighted by Crippen LogP contribution is 2.36. The number of nitrogen functional groups attached to an aromatic ring is 1. The normalized spacial score (nSPS) is 24.4. The van der Waals surface area contributed by atoms with Gasteiger partial charge < -0.3 is 15.4 Å². The highest BCUT2D eigenvalue weighted by Gasteiger charge is 2.35. The van der Waals surface area contributed by atoms with Crippen molar-refractivity contribution in [2.75, 3.05) is 36.1 Å². The lowest BCUT2D eigenvalue weighted by Crippen LogP contribution is -2.44. The first-order chi connectivity index (χ1) is 13.3. The summed E-state index contributed by atoms with van der Waals surface area (Å²) in [6, 6.07) is 5.19. The largest absolute Gasteiger partial charge is 0.384 e. The molecule has 0 unspecified atom stereocenters. The van der Waals surface area contributed by atoms with Crippen molar-refractivity contribution in [2.24, 2.45) is 0 Å². The van der Waals surface area contributed by atoms with Gasteiger partial charge in [0.05, 0.1) is 30.7 Å². The summed E-state index contributed by atoms with van der Waals surface area (Å²) in [6.07, 6.45) is 1.21. The minimum Gasteiger partial charge on any atom is -0.384 e. The molecular formula is C18H22ClN5O3S. The Bertz CT molecular complexity index is 980. The summed E-state index contributed by atoms with van der Waals surface area (Å²) in [5.74, 6) is 1.52. The molecule has 0 bridgehead atoms. The van der Waals surface area contributed by atoms with Gasteiger partial charge in [0.25, 0.3) is 0 Å². The zero-order chi connectivity index (χ0) is 19.9. The van der Waals surface area contributed by atoms with E-state index in [1.807, 2.05) is 6.92 Å². The van der Waals surface area contributed by atoms with Crippen LogP contribution in [0.2, 0.25) is 5.15 Å². The Labute approximate surface area is 169 Å². The monoisotopic (exact) mass is 423 g/mol. The van der Waals surface area contributed by atoms with Crippen LogP contribution in [0.25, 0.3) is 11.4 Å². The second-order valence-electron chi connectivity index (χ2n) is 7.19. The molecule has 2 N–H and O–H groups in total. The third kappa shape index (κ3) is 3.78. The van der Waals surface area contributed by atoms with E-state index >= 15 is 0 Å². The number of aromatic nitrogens is 3. The van der Waals surface area contributed by atoms with Crippen molar-refractivity contribution in [3.05, 3.63) is 29.0 Å². The first kappa shape index (κ1) is 19.4. The van der Waals surface area contributed by atoms with E-state index in [0.29, 0.717) is 55.5 Å². The molecule has 2 aromatic heterocycles. The number of nitrogens with two attached hydrogens (primary N) is 1. The maximum absolute atomic E-state index is 12.5. The van der Waals surface area contributed by atoms with Crippen LogP contribution in [0, 0.1) is 0 Å². The minimum absolute atomic E-state index is 0.121. The average Bonchev–Trinajstić information content (AvgIpc) is 3.00. The predicted molar refractivity (Wildman–Crippen MR) is 108 cm³/mol. The van der Waals surface area contributed by atoms with Crippen molar-refractivity contribution in [3.8, 4) is 11.4 Å². The molecule has 0 aliphatic carbocycles. The Balaban J connectivity index is 1.85. The van der Waals surface area contributed by atoms with Gasteiger partial charge in [-0.1, -0.05) is 11.6 Å². The third-order valence-electron chi connectivity index (χ3n) is 5.12. The fourth-order valence-electron chi connectivity index (χ4n) is 3.73. The maximum Gasteiger partial charge on any atom is 0.162 e. The first-order valence-corrected chi connectivity index (χ1v) is 11.3. The van der Waals surface area contributed by atoms with Gasteiger partial charge in [-0.3, -0.25) is 0 Å². The summed E-state index contributed by atoms with van der Waals surface area (Å²) in [5.41, 5.74) is 6.95. The molecular weight excluding hydrogens is 402 g/mol. The summed E-state index contributed by atoms with van der Waals surface area (Å²) in [6.45, 7) is 3.90. The van der Waals surface area contributed by atoms with E-state index in [-0.39, 0.29) is 22.8 Å². The summed E-state index contributed by atoms with van der Waals surface area (Å²) in [7, 11) is -3.21. The highest BCUT2D eigenvalue weighted by atomic mass is 35.5. The minimum atomic E-state index is -3.21. The number of rotatable bonds is 3. The molecule has 28 heavy (non-hydrogen) atoms. The Kier molecular flexibility index (Phi) is 5.15. The summed E-state index contributed by atoms with van der Waals surface area (Å²) in [4.78, 5) is 15.4. The average molecular weight is 424 g/mol.